The van der Waals surface area contributed by atoms with Crippen LogP contribution < -0.4 is 0 Å². The van der Waals surface area contributed by atoms with Crippen molar-refractivity contribution in [3.8, 4) is 0 Å². The molecule has 0 amide bonds. The summed E-state index contributed by atoms with van der Waals surface area (Å²) in [5.41, 5.74) is 3.03. The molecule has 0 bridgehead atoms. The monoisotopic (exact) mass is 222 g/mol. The van der Waals surface area contributed by atoms with Crippen molar-refractivity contribution in [2.75, 3.05) is 0 Å². The fourth-order valence-electron chi connectivity index (χ4n) is 1.42. The lowest BCUT2D eigenvalue weighted by molar-refractivity contribution is 0.899. The zero-order valence-electron chi connectivity index (χ0n) is 12.1. The predicted octanol–water partition coefficient (Wildman–Crippen LogP) is 5.64. The number of hydrogen-bond donors (Lipinski definition) is 0. The van der Waals surface area contributed by atoms with E-state index in [1.807, 2.05) is 13.8 Å². The molecule has 0 spiro atoms. The summed E-state index contributed by atoms with van der Waals surface area (Å²) in [4.78, 5) is 0. The Morgan fingerprint density at radius 3 is 1.62 bits per heavy atom. The summed E-state index contributed by atoms with van der Waals surface area (Å²) in [6.07, 6.45) is 4.89. The van der Waals surface area contributed by atoms with Gasteiger partial charge in [-0.2, -0.15) is 0 Å². The number of benzene rings is 1. The van der Waals surface area contributed by atoms with Crippen molar-refractivity contribution >= 4 is 0 Å². The van der Waals surface area contributed by atoms with E-state index in [9.17, 15) is 0 Å². The fourth-order valence-corrected chi connectivity index (χ4v) is 1.42. The quantitative estimate of drug-likeness (QED) is 0.620. The van der Waals surface area contributed by atoms with Crippen molar-refractivity contribution in [3.05, 3.63) is 35.4 Å². The summed E-state index contributed by atoms with van der Waals surface area (Å²) in [5, 5.41) is 0. The maximum Gasteiger partial charge on any atom is -0.0279 e. The molecule has 0 N–H and O–H groups in total. The summed E-state index contributed by atoms with van der Waals surface area (Å²) in [5.74, 6) is 0. The molecular weight excluding hydrogens is 192 g/mol. The third kappa shape index (κ3) is 8.52. The number of hydrogen-bond acceptors (Lipinski definition) is 0. The first-order valence-electron chi connectivity index (χ1n) is 6.86. The first-order chi connectivity index (χ1) is 7.79. The van der Waals surface area contributed by atoms with Crippen LogP contribution in [-0.4, -0.2) is 0 Å². The van der Waals surface area contributed by atoms with Crippen LogP contribution in [0.15, 0.2) is 24.3 Å². The van der Waals surface area contributed by atoms with E-state index in [-0.39, 0.29) is 0 Å². The molecule has 0 radical (unpaired) electrons. The molecule has 0 fully saturated rings. The Bertz CT molecular complexity index is 225. The zero-order valence-corrected chi connectivity index (χ0v) is 12.1. The van der Waals surface area contributed by atoms with Crippen LogP contribution in [0.5, 0.6) is 0 Å². The van der Waals surface area contributed by atoms with Crippen LogP contribution in [0, 0.1) is 0 Å². The molecule has 16 heavy (non-hydrogen) atoms. The van der Waals surface area contributed by atoms with Gasteiger partial charge in [0.2, 0.25) is 0 Å². The van der Waals surface area contributed by atoms with Crippen LogP contribution in [0.3, 0.4) is 0 Å². The Morgan fingerprint density at radius 1 is 0.812 bits per heavy atom. The first kappa shape index (κ1) is 17.6. The third-order valence-electron chi connectivity index (χ3n) is 2.02. The lowest BCUT2D eigenvalue weighted by atomic mass is 10.0. The lowest BCUT2D eigenvalue weighted by Gasteiger charge is -2.04. The van der Waals surface area contributed by atoms with Crippen molar-refractivity contribution < 1.29 is 0 Å². The minimum atomic E-state index is 1.16. The van der Waals surface area contributed by atoms with Gasteiger partial charge in [-0.3, -0.25) is 0 Å². The molecule has 94 valence electrons. The SMILES string of the molecule is CC.CCC.CCCc1ccccc1CC. The molecule has 0 saturated carbocycles. The molecule has 0 atom stereocenters. The van der Waals surface area contributed by atoms with Crippen LogP contribution in [-0.2, 0) is 12.8 Å². The number of rotatable bonds is 3. The zero-order chi connectivity index (χ0) is 12.8. The lowest BCUT2D eigenvalue weighted by Crippen LogP contribution is -1.90. The Hall–Kier alpha value is -0.780. The molecular formula is C16H30. The molecule has 0 nitrogen and oxygen atoms in total. The normalized spacial score (nSPS) is 8.38. The van der Waals surface area contributed by atoms with Crippen molar-refractivity contribution in [3.63, 3.8) is 0 Å². The van der Waals surface area contributed by atoms with Crippen LogP contribution in [0.1, 0.15) is 65.5 Å². The fraction of sp³-hybridized carbons (Fsp3) is 0.625. The van der Waals surface area contributed by atoms with Crippen molar-refractivity contribution in [2.24, 2.45) is 0 Å². The smallest absolute Gasteiger partial charge is 0.0279 e. The second-order valence-corrected chi connectivity index (χ2v) is 3.58. The van der Waals surface area contributed by atoms with E-state index < -0.39 is 0 Å². The van der Waals surface area contributed by atoms with Gasteiger partial charge in [-0.15, -0.1) is 0 Å². The largest absolute Gasteiger partial charge is 0.0683 e. The van der Waals surface area contributed by atoms with Gasteiger partial charge in [-0.1, -0.05) is 78.6 Å². The molecule has 1 rings (SSSR count). The Kier molecular flexibility index (Phi) is 15.7. The summed E-state index contributed by atoms with van der Waals surface area (Å²) in [7, 11) is 0. The molecule has 0 saturated heterocycles. The first-order valence-corrected chi connectivity index (χ1v) is 6.86. The predicted molar refractivity (Wildman–Crippen MR) is 77.1 cm³/mol. The molecule has 0 aliphatic rings. The highest BCUT2D eigenvalue weighted by atomic mass is 14.0. The van der Waals surface area contributed by atoms with Gasteiger partial charge >= 0.3 is 0 Å². The van der Waals surface area contributed by atoms with Gasteiger partial charge in [0.1, 0.15) is 0 Å². The second kappa shape index (κ2) is 14.2. The molecule has 0 aliphatic heterocycles. The van der Waals surface area contributed by atoms with Gasteiger partial charge in [0.15, 0.2) is 0 Å². The standard InChI is InChI=1S/C11H16.C3H8.C2H6/c1-3-7-11-9-6-5-8-10(11)4-2;1-3-2;1-2/h5-6,8-9H,3-4,7H2,1-2H3;3H2,1-2H3;1-2H3. The van der Waals surface area contributed by atoms with E-state index in [0.29, 0.717) is 0 Å². The summed E-state index contributed by atoms with van der Waals surface area (Å²) in [6, 6.07) is 8.72. The van der Waals surface area contributed by atoms with Gasteiger partial charge in [-0.05, 0) is 24.0 Å². The van der Waals surface area contributed by atoms with E-state index >= 15 is 0 Å². The highest BCUT2D eigenvalue weighted by Crippen LogP contribution is 2.10. The molecule has 0 unspecified atom stereocenters. The van der Waals surface area contributed by atoms with E-state index in [1.54, 1.807) is 0 Å². The van der Waals surface area contributed by atoms with Crippen LogP contribution in [0.25, 0.3) is 0 Å². The molecule has 0 heterocycles. The van der Waals surface area contributed by atoms with Gasteiger partial charge < -0.3 is 0 Å². The van der Waals surface area contributed by atoms with Crippen molar-refractivity contribution in [1.29, 1.82) is 0 Å². The maximum absolute atomic E-state index is 2.24. The van der Waals surface area contributed by atoms with Gasteiger partial charge in [0.05, 0.1) is 0 Å². The molecule has 0 heteroatoms. The van der Waals surface area contributed by atoms with Gasteiger partial charge in [-0.25, -0.2) is 0 Å². The van der Waals surface area contributed by atoms with E-state index in [1.165, 1.54) is 30.4 Å². The van der Waals surface area contributed by atoms with E-state index in [2.05, 4.69) is 52.0 Å². The second-order valence-electron chi connectivity index (χ2n) is 3.58. The highest BCUT2D eigenvalue weighted by Gasteiger charge is 1.96. The van der Waals surface area contributed by atoms with Gasteiger partial charge in [0.25, 0.3) is 0 Å². The topological polar surface area (TPSA) is 0 Å². The van der Waals surface area contributed by atoms with E-state index in [4.69, 9.17) is 0 Å². The van der Waals surface area contributed by atoms with Crippen LogP contribution in [0.2, 0.25) is 0 Å². The summed E-state index contributed by atoms with van der Waals surface area (Å²) >= 11 is 0. The molecule has 1 aromatic rings. The molecule has 0 aromatic heterocycles. The molecule has 0 aliphatic carbocycles. The third-order valence-corrected chi connectivity index (χ3v) is 2.02. The Balaban J connectivity index is 0. The highest BCUT2D eigenvalue weighted by molar-refractivity contribution is 5.26. The van der Waals surface area contributed by atoms with Crippen molar-refractivity contribution in [2.45, 2.75) is 67.2 Å². The maximum atomic E-state index is 2.24. The summed E-state index contributed by atoms with van der Waals surface area (Å²) < 4.78 is 0. The molecule has 1 aromatic carbocycles. The minimum absolute atomic E-state index is 1.16. The van der Waals surface area contributed by atoms with Crippen molar-refractivity contribution in [1.82, 2.24) is 0 Å². The average molecular weight is 222 g/mol. The Morgan fingerprint density at radius 2 is 1.25 bits per heavy atom. The Labute approximate surface area is 103 Å². The number of aryl methyl sites for hydroxylation is 2. The van der Waals surface area contributed by atoms with E-state index in [0.717, 1.165) is 6.42 Å². The summed E-state index contributed by atoms with van der Waals surface area (Å²) in [6.45, 7) is 12.7. The average Bonchev–Trinajstić information content (AvgIpc) is 2.34. The van der Waals surface area contributed by atoms with Crippen LogP contribution >= 0.6 is 0 Å². The van der Waals surface area contributed by atoms with Gasteiger partial charge in [0, 0.05) is 0 Å². The van der Waals surface area contributed by atoms with Crippen LogP contribution in [0.4, 0.5) is 0 Å². The minimum Gasteiger partial charge on any atom is -0.0683 e.